The maximum atomic E-state index is 6.15. The SMILES string of the molecule is Cc1ccc(COc2ccc(CBr)cc2Cl)cc1. The predicted octanol–water partition coefficient (Wildman–Crippen LogP) is 5.12. The van der Waals surface area contributed by atoms with Gasteiger partial charge in [-0.3, -0.25) is 0 Å². The van der Waals surface area contributed by atoms with Gasteiger partial charge in [-0.05, 0) is 30.2 Å². The number of halogens is 2. The molecule has 0 radical (unpaired) electrons. The van der Waals surface area contributed by atoms with Gasteiger partial charge < -0.3 is 4.74 Å². The third-order valence-electron chi connectivity index (χ3n) is 2.67. The average Bonchev–Trinajstić information content (AvgIpc) is 2.39. The lowest BCUT2D eigenvalue weighted by Gasteiger charge is -2.09. The Kier molecular flexibility index (Phi) is 4.67. The summed E-state index contributed by atoms with van der Waals surface area (Å²) in [7, 11) is 0. The highest BCUT2D eigenvalue weighted by Crippen LogP contribution is 2.27. The van der Waals surface area contributed by atoms with E-state index in [4.69, 9.17) is 16.3 Å². The summed E-state index contributed by atoms with van der Waals surface area (Å²) >= 11 is 9.55. The zero-order valence-corrected chi connectivity index (χ0v) is 12.5. The maximum absolute atomic E-state index is 6.15. The molecule has 0 aromatic heterocycles. The smallest absolute Gasteiger partial charge is 0.138 e. The standard InChI is InChI=1S/C15H14BrClO/c1-11-2-4-12(5-3-11)10-18-15-7-6-13(9-16)8-14(15)17/h2-8H,9-10H2,1H3. The summed E-state index contributed by atoms with van der Waals surface area (Å²) in [5, 5.41) is 1.45. The second-order valence-electron chi connectivity index (χ2n) is 4.17. The molecule has 0 amide bonds. The van der Waals surface area contributed by atoms with E-state index in [0.29, 0.717) is 11.6 Å². The van der Waals surface area contributed by atoms with Gasteiger partial charge in [0.25, 0.3) is 0 Å². The van der Waals surface area contributed by atoms with Gasteiger partial charge in [-0.15, -0.1) is 0 Å². The van der Waals surface area contributed by atoms with Gasteiger partial charge in [0.15, 0.2) is 0 Å². The Bertz CT molecular complexity index is 523. The molecule has 2 rings (SSSR count). The first-order chi connectivity index (χ1) is 8.69. The van der Waals surface area contributed by atoms with Gasteiger partial charge in [-0.1, -0.05) is 63.4 Å². The molecule has 2 aromatic rings. The molecular weight excluding hydrogens is 312 g/mol. The quantitative estimate of drug-likeness (QED) is 0.709. The van der Waals surface area contributed by atoms with Crippen LogP contribution >= 0.6 is 27.5 Å². The molecule has 18 heavy (non-hydrogen) atoms. The lowest BCUT2D eigenvalue weighted by molar-refractivity contribution is 0.306. The van der Waals surface area contributed by atoms with Crippen LogP contribution in [0.5, 0.6) is 5.75 Å². The van der Waals surface area contributed by atoms with Gasteiger partial charge in [-0.25, -0.2) is 0 Å². The van der Waals surface area contributed by atoms with Gasteiger partial charge in [0, 0.05) is 5.33 Å². The molecule has 0 atom stereocenters. The van der Waals surface area contributed by atoms with Crippen molar-refractivity contribution in [3.05, 3.63) is 64.2 Å². The van der Waals surface area contributed by atoms with Crippen LogP contribution in [0.2, 0.25) is 5.02 Å². The number of hydrogen-bond acceptors (Lipinski definition) is 1. The topological polar surface area (TPSA) is 9.23 Å². The molecule has 0 heterocycles. The third kappa shape index (κ3) is 3.50. The second-order valence-corrected chi connectivity index (χ2v) is 5.14. The minimum absolute atomic E-state index is 0.535. The molecule has 0 spiro atoms. The van der Waals surface area contributed by atoms with Crippen LogP contribution in [0.3, 0.4) is 0 Å². The summed E-state index contributed by atoms with van der Waals surface area (Å²) in [6.07, 6.45) is 0. The fourth-order valence-electron chi connectivity index (χ4n) is 1.59. The van der Waals surface area contributed by atoms with E-state index >= 15 is 0 Å². The van der Waals surface area contributed by atoms with Crippen molar-refractivity contribution < 1.29 is 4.74 Å². The van der Waals surface area contributed by atoms with Crippen molar-refractivity contribution in [2.45, 2.75) is 18.9 Å². The molecule has 0 aliphatic carbocycles. The van der Waals surface area contributed by atoms with Crippen molar-refractivity contribution in [3.8, 4) is 5.75 Å². The Labute approximate surface area is 121 Å². The number of hydrogen-bond donors (Lipinski definition) is 0. The highest BCUT2D eigenvalue weighted by Gasteiger charge is 2.03. The largest absolute Gasteiger partial charge is 0.487 e. The first-order valence-corrected chi connectivity index (χ1v) is 7.21. The Hall–Kier alpha value is -0.990. The summed E-state index contributed by atoms with van der Waals surface area (Å²) in [4.78, 5) is 0. The van der Waals surface area contributed by atoms with Crippen LogP contribution in [0, 0.1) is 6.92 Å². The number of alkyl halides is 1. The van der Waals surface area contributed by atoms with Crippen LogP contribution in [0.15, 0.2) is 42.5 Å². The monoisotopic (exact) mass is 324 g/mol. The maximum Gasteiger partial charge on any atom is 0.138 e. The normalized spacial score (nSPS) is 10.4. The molecule has 0 aliphatic rings. The number of rotatable bonds is 4. The van der Waals surface area contributed by atoms with Crippen LogP contribution < -0.4 is 4.74 Å². The lowest BCUT2D eigenvalue weighted by Crippen LogP contribution is -1.96. The van der Waals surface area contributed by atoms with Gasteiger partial charge in [0.1, 0.15) is 12.4 Å². The van der Waals surface area contributed by atoms with Crippen LogP contribution in [0.1, 0.15) is 16.7 Å². The minimum Gasteiger partial charge on any atom is -0.487 e. The van der Waals surface area contributed by atoms with E-state index in [-0.39, 0.29) is 0 Å². The molecule has 0 fully saturated rings. The fourth-order valence-corrected chi connectivity index (χ4v) is 2.20. The molecular formula is C15H14BrClO. The summed E-state index contributed by atoms with van der Waals surface area (Å²) in [6.45, 7) is 2.61. The molecule has 0 saturated carbocycles. The number of aryl methyl sites for hydroxylation is 1. The molecule has 2 aromatic carbocycles. The van der Waals surface area contributed by atoms with Crippen molar-refractivity contribution in [1.29, 1.82) is 0 Å². The van der Waals surface area contributed by atoms with Gasteiger partial charge in [0.2, 0.25) is 0 Å². The highest BCUT2D eigenvalue weighted by molar-refractivity contribution is 9.08. The first-order valence-electron chi connectivity index (χ1n) is 5.72. The molecule has 0 aliphatic heterocycles. The van der Waals surface area contributed by atoms with Crippen LogP contribution in [-0.4, -0.2) is 0 Å². The van der Waals surface area contributed by atoms with E-state index in [9.17, 15) is 0 Å². The van der Waals surface area contributed by atoms with E-state index < -0.39 is 0 Å². The van der Waals surface area contributed by atoms with Crippen LogP contribution in [-0.2, 0) is 11.9 Å². The van der Waals surface area contributed by atoms with Crippen LogP contribution in [0.4, 0.5) is 0 Å². The third-order valence-corrected chi connectivity index (χ3v) is 3.61. The lowest BCUT2D eigenvalue weighted by atomic mass is 10.2. The van der Waals surface area contributed by atoms with E-state index in [0.717, 1.165) is 22.2 Å². The Balaban J connectivity index is 2.04. The number of benzene rings is 2. The zero-order chi connectivity index (χ0) is 13.0. The second kappa shape index (κ2) is 6.26. The summed E-state index contributed by atoms with van der Waals surface area (Å²) in [5.74, 6) is 0.724. The summed E-state index contributed by atoms with van der Waals surface area (Å²) in [5.41, 5.74) is 3.53. The fraction of sp³-hybridized carbons (Fsp3) is 0.200. The zero-order valence-electron chi connectivity index (χ0n) is 10.1. The molecule has 1 nitrogen and oxygen atoms in total. The Morgan fingerprint density at radius 1 is 1.06 bits per heavy atom. The van der Waals surface area contributed by atoms with E-state index in [1.165, 1.54) is 5.56 Å². The minimum atomic E-state index is 0.535. The van der Waals surface area contributed by atoms with E-state index in [2.05, 4.69) is 47.1 Å². The van der Waals surface area contributed by atoms with Crippen molar-refractivity contribution in [3.63, 3.8) is 0 Å². The van der Waals surface area contributed by atoms with Crippen molar-refractivity contribution in [2.24, 2.45) is 0 Å². The molecule has 0 N–H and O–H groups in total. The molecule has 0 bridgehead atoms. The average molecular weight is 326 g/mol. The predicted molar refractivity (Wildman–Crippen MR) is 79.6 cm³/mol. The van der Waals surface area contributed by atoms with Gasteiger partial charge in [-0.2, -0.15) is 0 Å². The molecule has 0 unspecified atom stereocenters. The number of ether oxygens (including phenoxy) is 1. The van der Waals surface area contributed by atoms with Crippen molar-refractivity contribution >= 4 is 27.5 Å². The molecule has 94 valence electrons. The van der Waals surface area contributed by atoms with Gasteiger partial charge in [0.05, 0.1) is 5.02 Å². The van der Waals surface area contributed by atoms with E-state index in [1.807, 2.05) is 18.2 Å². The first kappa shape index (κ1) is 13.4. The Morgan fingerprint density at radius 3 is 2.33 bits per heavy atom. The van der Waals surface area contributed by atoms with Crippen molar-refractivity contribution in [1.82, 2.24) is 0 Å². The molecule has 0 saturated heterocycles. The van der Waals surface area contributed by atoms with E-state index in [1.54, 1.807) is 0 Å². The van der Waals surface area contributed by atoms with Crippen LogP contribution in [0.25, 0.3) is 0 Å². The summed E-state index contributed by atoms with van der Waals surface area (Å²) < 4.78 is 5.71. The molecule has 3 heteroatoms. The summed E-state index contributed by atoms with van der Waals surface area (Å²) in [6, 6.07) is 14.1. The Morgan fingerprint density at radius 2 is 1.72 bits per heavy atom. The highest BCUT2D eigenvalue weighted by atomic mass is 79.9. The van der Waals surface area contributed by atoms with Gasteiger partial charge >= 0.3 is 0 Å². The van der Waals surface area contributed by atoms with Crippen molar-refractivity contribution in [2.75, 3.05) is 0 Å².